The first-order valence-electron chi connectivity index (χ1n) is 9.44. The summed E-state index contributed by atoms with van der Waals surface area (Å²) in [4.78, 5) is 16.3. The van der Waals surface area contributed by atoms with E-state index in [0.717, 1.165) is 36.3 Å². The van der Waals surface area contributed by atoms with E-state index in [4.69, 9.17) is 9.47 Å². The number of ether oxygens (including phenoxy) is 2. The molecule has 1 unspecified atom stereocenters. The summed E-state index contributed by atoms with van der Waals surface area (Å²) >= 11 is 0. The van der Waals surface area contributed by atoms with Crippen molar-refractivity contribution in [3.05, 3.63) is 58.8 Å². The van der Waals surface area contributed by atoms with Crippen LogP contribution in [0.4, 0.5) is 0 Å². The number of aromatic nitrogens is 1. The molecular formula is C22H22N2O3. The van der Waals surface area contributed by atoms with Crippen LogP contribution in [0.1, 0.15) is 28.8 Å². The fourth-order valence-electron chi connectivity index (χ4n) is 4.14. The summed E-state index contributed by atoms with van der Waals surface area (Å²) in [5.41, 5.74) is 6.04. The average molecular weight is 362 g/mol. The second-order valence-corrected chi connectivity index (χ2v) is 7.48. The highest BCUT2D eigenvalue weighted by molar-refractivity contribution is 5.87. The van der Waals surface area contributed by atoms with Gasteiger partial charge in [0.05, 0.1) is 0 Å². The van der Waals surface area contributed by atoms with Crippen LogP contribution < -0.4 is 14.8 Å². The van der Waals surface area contributed by atoms with Crippen molar-refractivity contribution >= 4 is 16.8 Å². The maximum absolute atomic E-state index is 12.8. The molecule has 27 heavy (non-hydrogen) atoms. The molecule has 2 aromatic carbocycles. The van der Waals surface area contributed by atoms with Gasteiger partial charge in [0.25, 0.3) is 0 Å². The number of hydrogen-bond acceptors (Lipinski definition) is 3. The predicted octanol–water partition coefficient (Wildman–Crippen LogP) is 3.63. The van der Waals surface area contributed by atoms with Gasteiger partial charge in [0.2, 0.25) is 12.7 Å². The first kappa shape index (κ1) is 16.2. The lowest BCUT2D eigenvalue weighted by Crippen LogP contribution is -2.33. The molecule has 0 spiro atoms. The molecule has 2 aliphatic rings. The Balaban J connectivity index is 1.29. The fourth-order valence-corrected chi connectivity index (χ4v) is 4.14. The average Bonchev–Trinajstić information content (AvgIpc) is 3.29. The molecule has 1 atom stereocenters. The van der Waals surface area contributed by atoms with Gasteiger partial charge in [0, 0.05) is 29.1 Å². The van der Waals surface area contributed by atoms with Crippen molar-refractivity contribution in [1.82, 2.24) is 10.3 Å². The molecule has 0 saturated heterocycles. The largest absolute Gasteiger partial charge is 0.454 e. The number of carbonyl (C=O) groups excluding carboxylic acids is 1. The molecule has 1 amide bonds. The highest BCUT2D eigenvalue weighted by Crippen LogP contribution is 2.34. The third-order valence-electron chi connectivity index (χ3n) is 5.62. The maximum atomic E-state index is 12.8. The SMILES string of the molecule is Cc1ccc2[nH]c3c(c2c1)CC(C(=O)NCc1ccc2c(c1)OCO2)CC3. The van der Waals surface area contributed by atoms with Gasteiger partial charge in [-0.05, 0) is 61.6 Å². The van der Waals surface area contributed by atoms with Gasteiger partial charge in [0.15, 0.2) is 11.5 Å². The Morgan fingerprint density at radius 2 is 2.07 bits per heavy atom. The first-order valence-corrected chi connectivity index (χ1v) is 9.44. The van der Waals surface area contributed by atoms with Crippen molar-refractivity contribution in [3.8, 4) is 11.5 Å². The molecule has 1 aliphatic heterocycles. The highest BCUT2D eigenvalue weighted by Gasteiger charge is 2.27. The van der Waals surface area contributed by atoms with Crippen molar-refractivity contribution in [3.63, 3.8) is 0 Å². The molecule has 3 aromatic rings. The number of H-pyrrole nitrogens is 1. The van der Waals surface area contributed by atoms with Gasteiger partial charge >= 0.3 is 0 Å². The Morgan fingerprint density at radius 3 is 3.00 bits per heavy atom. The Bertz CT molecular complexity index is 1040. The topological polar surface area (TPSA) is 63.4 Å². The van der Waals surface area contributed by atoms with Crippen LogP contribution in [0, 0.1) is 12.8 Å². The molecule has 138 valence electrons. The van der Waals surface area contributed by atoms with Gasteiger partial charge in [-0.25, -0.2) is 0 Å². The summed E-state index contributed by atoms with van der Waals surface area (Å²) in [6.45, 7) is 2.88. The molecule has 5 rings (SSSR count). The third kappa shape index (κ3) is 2.93. The molecule has 0 radical (unpaired) electrons. The van der Waals surface area contributed by atoms with E-state index in [1.165, 1.54) is 27.7 Å². The van der Waals surface area contributed by atoms with Crippen molar-refractivity contribution in [2.45, 2.75) is 32.7 Å². The Morgan fingerprint density at radius 1 is 1.19 bits per heavy atom. The van der Waals surface area contributed by atoms with E-state index in [1.54, 1.807) is 0 Å². The number of benzene rings is 2. The summed E-state index contributed by atoms with van der Waals surface area (Å²) in [5, 5.41) is 4.36. The van der Waals surface area contributed by atoms with E-state index in [0.29, 0.717) is 6.54 Å². The van der Waals surface area contributed by atoms with Crippen molar-refractivity contribution in [2.75, 3.05) is 6.79 Å². The predicted molar refractivity (Wildman–Crippen MR) is 103 cm³/mol. The van der Waals surface area contributed by atoms with Crippen LogP contribution in [0.25, 0.3) is 10.9 Å². The van der Waals surface area contributed by atoms with Crippen LogP contribution in [0.3, 0.4) is 0 Å². The number of nitrogens with one attached hydrogen (secondary N) is 2. The zero-order valence-electron chi connectivity index (χ0n) is 15.3. The molecule has 0 saturated carbocycles. The number of amides is 1. The molecule has 2 heterocycles. The number of fused-ring (bicyclic) bond motifs is 4. The van der Waals surface area contributed by atoms with Gasteiger partial charge in [0.1, 0.15) is 0 Å². The lowest BCUT2D eigenvalue weighted by atomic mass is 9.85. The monoisotopic (exact) mass is 362 g/mol. The van der Waals surface area contributed by atoms with E-state index < -0.39 is 0 Å². The molecular weight excluding hydrogens is 340 g/mol. The van der Waals surface area contributed by atoms with Crippen LogP contribution in [0.15, 0.2) is 36.4 Å². The smallest absolute Gasteiger partial charge is 0.231 e. The number of aryl methyl sites for hydroxylation is 2. The highest BCUT2D eigenvalue weighted by atomic mass is 16.7. The zero-order chi connectivity index (χ0) is 18.4. The summed E-state index contributed by atoms with van der Waals surface area (Å²) < 4.78 is 10.7. The van der Waals surface area contributed by atoms with Gasteiger partial charge in [-0.1, -0.05) is 17.7 Å². The zero-order valence-corrected chi connectivity index (χ0v) is 15.3. The first-order chi connectivity index (χ1) is 13.2. The maximum Gasteiger partial charge on any atom is 0.231 e. The van der Waals surface area contributed by atoms with Crippen LogP contribution >= 0.6 is 0 Å². The van der Waals surface area contributed by atoms with Gasteiger partial charge in [-0.3, -0.25) is 4.79 Å². The standard InChI is InChI=1S/C22H22N2O3/c1-13-2-5-18-16(8-13)17-10-15(4-6-19(17)24-18)22(25)23-11-14-3-7-20-21(9-14)27-12-26-20/h2-3,5,7-9,15,24H,4,6,10-12H2,1H3,(H,23,25). The van der Waals surface area contributed by atoms with Gasteiger partial charge < -0.3 is 19.8 Å². The van der Waals surface area contributed by atoms with Crippen LogP contribution in [0.2, 0.25) is 0 Å². The number of aromatic amines is 1. The van der Waals surface area contributed by atoms with E-state index in [9.17, 15) is 4.79 Å². The number of carbonyl (C=O) groups is 1. The van der Waals surface area contributed by atoms with E-state index in [2.05, 4.69) is 35.4 Å². The molecule has 5 nitrogen and oxygen atoms in total. The summed E-state index contributed by atoms with van der Waals surface area (Å²) in [6, 6.07) is 12.3. The fraction of sp³-hybridized carbons (Fsp3) is 0.318. The molecule has 1 aliphatic carbocycles. The van der Waals surface area contributed by atoms with E-state index in [1.807, 2.05) is 18.2 Å². The van der Waals surface area contributed by atoms with E-state index in [-0.39, 0.29) is 18.6 Å². The molecule has 0 bridgehead atoms. The summed E-state index contributed by atoms with van der Waals surface area (Å²) in [5.74, 6) is 1.66. The normalized spacial score (nSPS) is 17.7. The van der Waals surface area contributed by atoms with Crippen molar-refractivity contribution in [1.29, 1.82) is 0 Å². The molecule has 1 aromatic heterocycles. The lowest BCUT2D eigenvalue weighted by molar-refractivity contribution is -0.125. The second-order valence-electron chi connectivity index (χ2n) is 7.48. The molecule has 0 fully saturated rings. The summed E-state index contributed by atoms with van der Waals surface area (Å²) in [7, 11) is 0. The van der Waals surface area contributed by atoms with Crippen LogP contribution in [-0.2, 0) is 24.2 Å². The minimum Gasteiger partial charge on any atom is -0.454 e. The quantitative estimate of drug-likeness (QED) is 0.748. The second kappa shape index (κ2) is 6.34. The van der Waals surface area contributed by atoms with Crippen LogP contribution in [0.5, 0.6) is 11.5 Å². The summed E-state index contributed by atoms with van der Waals surface area (Å²) in [6.07, 6.45) is 2.60. The number of rotatable bonds is 3. The Labute approximate surface area is 157 Å². The lowest BCUT2D eigenvalue weighted by Gasteiger charge is -2.22. The minimum absolute atomic E-state index is 0.0195. The molecule has 5 heteroatoms. The third-order valence-corrected chi connectivity index (χ3v) is 5.62. The van der Waals surface area contributed by atoms with Crippen LogP contribution in [-0.4, -0.2) is 17.7 Å². The number of hydrogen-bond donors (Lipinski definition) is 2. The Hall–Kier alpha value is -2.95. The van der Waals surface area contributed by atoms with E-state index >= 15 is 0 Å². The Kier molecular flexibility index (Phi) is 3.81. The molecule has 2 N–H and O–H groups in total. The van der Waals surface area contributed by atoms with Gasteiger partial charge in [-0.15, -0.1) is 0 Å². The van der Waals surface area contributed by atoms with Gasteiger partial charge in [-0.2, -0.15) is 0 Å². The van der Waals surface area contributed by atoms with Crippen molar-refractivity contribution < 1.29 is 14.3 Å². The van der Waals surface area contributed by atoms with Crippen molar-refractivity contribution in [2.24, 2.45) is 5.92 Å². The minimum atomic E-state index is 0.0195.